The molecule has 5 saturated heterocycles. The van der Waals surface area contributed by atoms with Crippen molar-refractivity contribution in [2.45, 2.75) is 166 Å². The van der Waals surface area contributed by atoms with Crippen LogP contribution in [0.25, 0.3) is 11.2 Å². The first-order valence-electron chi connectivity index (χ1n) is 35.3. The van der Waals surface area contributed by atoms with Gasteiger partial charge in [-0.2, -0.15) is 15.0 Å². The van der Waals surface area contributed by atoms with Crippen molar-refractivity contribution in [3.05, 3.63) is 126 Å². The highest BCUT2D eigenvalue weighted by Gasteiger charge is 2.49. The average molecular weight is 1810 g/mol. The van der Waals surface area contributed by atoms with Gasteiger partial charge in [0.25, 0.3) is 16.7 Å². The van der Waals surface area contributed by atoms with Crippen LogP contribution in [0.4, 0.5) is 17.6 Å². The minimum absolute atomic E-state index is 0.00891. The topological polar surface area (TPSA) is 567 Å². The van der Waals surface area contributed by atoms with E-state index in [0.29, 0.717) is 25.9 Å². The van der Waals surface area contributed by atoms with Crippen LogP contribution in [-0.2, 0) is 126 Å². The molecule has 0 amide bonds. The van der Waals surface area contributed by atoms with E-state index in [1.165, 1.54) is 59.3 Å². The van der Waals surface area contributed by atoms with Crippen LogP contribution in [0.5, 0.6) is 0 Å². The number of fused-ring (bicyclic) bond motifs is 1. The van der Waals surface area contributed by atoms with Gasteiger partial charge in [0.1, 0.15) is 73.0 Å². The van der Waals surface area contributed by atoms with Crippen LogP contribution in [0.2, 0.25) is 0 Å². The summed E-state index contributed by atoms with van der Waals surface area (Å²) in [6.45, 7) is -11.2. The van der Waals surface area contributed by atoms with Crippen LogP contribution in [0.1, 0.15) is 109 Å². The maximum atomic E-state index is 13.6. The van der Waals surface area contributed by atoms with Gasteiger partial charge in [-0.05, 0) is 107 Å². The van der Waals surface area contributed by atoms with Gasteiger partial charge >= 0.3 is 49.6 Å². The molecule has 624 valence electrons. The summed E-state index contributed by atoms with van der Waals surface area (Å²) in [5, 5.41) is 10.2. The molecule has 5 fully saturated rings. The fourth-order valence-electron chi connectivity index (χ4n) is 13.0. The lowest BCUT2D eigenvalue weighted by Gasteiger charge is -2.30. The highest BCUT2D eigenvalue weighted by molar-refractivity contribution is 9.10. The Balaban J connectivity index is 0.810. The Morgan fingerprint density at radius 1 is 0.566 bits per heavy atom. The van der Waals surface area contributed by atoms with Crippen LogP contribution in [0.3, 0.4) is 0 Å². The molecule has 11 rings (SSSR count). The number of nitrogen functional groups attached to an aromatic ring is 3. The van der Waals surface area contributed by atoms with Gasteiger partial charge in [0, 0.05) is 75.0 Å². The van der Waals surface area contributed by atoms with Gasteiger partial charge in [-0.15, -0.1) is 0 Å². The Kier molecular flexibility index (Phi) is 30.0. The van der Waals surface area contributed by atoms with Crippen molar-refractivity contribution < 1.29 is 98.5 Å². The number of carbonyl (C=O) groups excluding carboxylic acids is 1. The molecule has 0 spiro atoms. The van der Waals surface area contributed by atoms with Crippen LogP contribution >= 0.6 is 42.8 Å². The van der Waals surface area contributed by atoms with Crippen molar-refractivity contribution in [2.75, 3.05) is 83.3 Å². The molecule has 13 N–H and O–H groups in total. The number of aliphatic hydroxyl groups is 1. The number of ether oxygens (including phenoxy) is 7. The van der Waals surface area contributed by atoms with E-state index in [0.717, 1.165) is 13.7 Å². The second-order valence-corrected chi connectivity index (χ2v) is 39.5. The lowest BCUT2D eigenvalue weighted by atomic mass is 9.89. The summed E-state index contributed by atoms with van der Waals surface area (Å²) >= 11 is 26.0. The molecule has 0 radical (unpaired) electrons. The average Bonchev–Trinajstić information content (AvgIpc) is 1.63. The summed E-state index contributed by atoms with van der Waals surface area (Å²) in [5.74, 6) is -0.588. The van der Waals surface area contributed by atoms with Crippen LogP contribution < -0.4 is 56.6 Å². The summed E-state index contributed by atoms with van der Waals surface area (Å²) in [7, 11) is 0. The number of nitrogens with two attached hydrogens (primary N) is 3. The molecule has 0 aromatic carbocycles. The number of anilines is 3. The highest BCUT2D eigenvalue weighted by atomic mass is 79.9. The quantitative estimate of drug-likeness (QED) is 0.0194. The molecule has 43 nitrogen and oxygen atoms in total. The first-order valence-corrected chi connectivity index (χ1v) is 46.4. The molecule has 19 atom stereocenters. The summed E-state index contributed by atoms with van der Waals surface area (Å²) in [5.41, 5.74) is 12.2. The number of imidazole rings is 1. The first kappa shape index (κ1) is 88.6. The molecule has 6 aromatic rings. The number of hydrogen-bond donors (Lipinski definition) is 10. The molecule has 6 aromatic heterocycles. The van der Waals surface area contributed by atoms with Gasteiger partial charge < -0.3 is 111 Å². The molecule has 11 heterocycles. The van der Waals surface area contributed by atoms with Crippen LogP contribution in [0, 0.1) is 24.7 Å². The van der Waals surface area contributed by atoms with Crippen LogP contribution in [-0.4, -0.2) is 204 Å². The van der Waals surface area contributed by atoms with Crippen molar-refractivity contribution in [3.63, 3.8) is 0 Å². The lowest BCUT2D eigenvalue weighted by Crippen LogP contribution is -2.33. The van der Waals surface area contributed by atoms with Crippen LogP contribution in [0.15, 0.2) is 81.3 Å². The van der Waals surface area contributed by atoms with Gasteiger partial charge in [0.05, 0.1) is 101 Å². The fraction of sp³-hybridized carbons (Fsp3) is 0.639. The number of carbonyl (C=O) groups is 1. The molecule has 9 unspecified atom stereocenters. The zero-order chi connectivity index (χ0) is 81.6. The Morgan fingerprint density at radius 3 is 1.54 bits per heavy atom. The van der Waals surface area contributed by atoms with E-state index >= 15 is 0 Å². The van der Waals surface area contributed by atoms with E-state index in [1.807, 2.05) is 27.7 Å². The second kappa shape index (κ2) is 38.3. The van der Waals surface area contributed by atoms with E-state index in [4.69, 9.17) is 138 Å². The van der Waals surface area contributed by atoms with E-state index in [9.17, 15) is 58.1 Å². The van der Waals surface area contributed by atoms with Gasteiger partial charge in [0.15, 0.2) is 11.2 Å². The third-order valence-electron chi connectivity index (χ3n) is 18.7. The second-order valence-electron chi connectivity index (χ2n) is 27.3. The minimum atomic E-state index is -4.63. The lowest BCUT2D eigenvalue weighted by molar-refractivity contribution is -0.122. The van der Waals surface area contributed by atoms with Gasteiger partial charge in [0.2, 0.25) is 5.95 Å². The monoisotopic (exact) mass is 1810 g/mol. The molecular weight excluding hydrogens is 1720 g/mol. The van der Waals surface area contributed by atoms with Gasteiger partial charge in [-0.25, -0.2) is 24.2 Å². The molecule has 5 aliphatic heterocycles. The fourth-order valence-corrected chi connectivity index (χ4v) is 19.8. The maximum Gasteiger partial charge on any atom is 0.351 e. The van der Waals surface area contributed by atoms with E-state index in [1.54, 1.807) is 0 Å². The molecule has 0 bridgehead atoms. The first-order chi connectivity index (χ1) is 53.4. The van der Waals surface area contributed by atoms with Crippen molar-refractivity contribution in [3.8, 4) is 0 Å². The molecule has 5 aliphatic rings. The van der Waals surface area contributed by atoms with E-state index in [2.05, 4.69) is 50.8 Å². The number of rotatable bonds is 39. The number of nitrogens with one attached hydrogen (secondary N) is 3. The van der Waals surface area contributed by atoms with Crippen molar-refractivity contribution in [2.24, 2.45) is 17.8 Å². The Hall–Kier alpha value is -5.18. The van der Waals surface area contributed by atoms with Gasteiger partial charge in [-0.3, -0.25) is 57.0 Å². The molecular formula is C61H86BrN15O28P4S4. The molecule has 113 heavy (non-hydrogen) atoms. The normalized spacial score (nSPS) is 27.5. The number of ketones is 1. The van der Waals surface area contributed by atoms with E-state index < -0.39 is 179 Å². The molecule has 0 saturated carbocycles. The Bertz CT molecular complexity index is 5040. The number of Topliss-reactive ketones (excluding diaryl/α,β-unsaturated/α-hetero) is 1. The predicted molar refractivity (Wildman–Crippen MR) is 415 cm³/mol. The summed E-state index contributed by atoms with van der Waals surface area (Å²) in [6.07, 6.45) is -9.89. The summed E-state index contributed by atoms with van der Waals surface area (Å²) in [4.78, 5) is 161. The summed E-state index contributed by atoms with van der Waals surface area (Å²) < 4.78 is 105. The maximum absolute atomic E-state index is 13.6. The van der Waals surface area contributed by atoms with Crippen molar-refractivity contribution in [1.82, 2.24) is 57.7 Å². The van der Waals surface area contributed by atoms with Crippen molar-refractivity contribution >= 4 is 125 Å². The SMILES string of the molecule is Cc1cn([C@H]2CC(OP(=S)(OCCOCCOCCCC(=O)C(C)C)OC[C@H]3O[C@@H](n4ccc(N)nc4=O)CC3C(C)C)[C@@H](COP(O)(=S)OC3C[C@H](n4cnc5c(=O)[nH]c(N)nc54)O[C@@H]3COP(O)(=S)OC3C[C@H](n4ccc(N)nc4=O)O[C@@H]3COP(O)(=S)OC3C[C@H](n4cc(Br)c(=O)[nH]c4=O)O[C@@H]3CO)O2)c(=O)[nH]c1=O. The number of H-pyrrole nitrogens is 3. The number of hydrogen-bond acceptors (Lipinski definition) is 36. The Labute approximate surface area is 669 Å². The van der Waals surface area contributed by atoms with E-state index in [-0.39, 0.29) is 121 Å². The predicted octanol–water partition coefficient (Wildman–Crippen LogP) is 1.79. The zero-order valence-electron chi connectivity index (χ0n) is 61.0. The number of aryl methyl sites for hydroxylation is 1. The third-order valence-corrected chi connectivity index (χ3v) is 26.4. The Morgan fingerprint density at radius 2 is 1.02 bits per heavy atom. The minimum Gasteiger partial charge on any atom is -0.394 e. The number of aromatic nitrogens is 12. The number of aliphatic hydroxyl groups excluding tert-OH is 1. The zero-order valence-corrected chi connectivity index (χ0v) is 69.5. The number of nitrogens with zero attached hydrogens (tertiary/aromatic N) is 9. The standard InChI is InChI=1S/C61H86BrN15O28P4S4/c1-30(2)33-17-47(73-10-8-45(63)67-58(73)83)98-41(33)25-96-109(113,92-16-15-91-14-13-90-12-6-7-35(79)31(3)4)105-39-21-49(75-22-32(5)54(80)71-60(75)85)100-44(39)28-95-108(89,112)104-38-20-51(77-29-66-52-53(77)69-57(65)70-56(52)82)101-43(38)27-94-107(88,111)103-37-19-48(74-11-9-46(64)68-59(74)84)99-42(37)26-93-106(87,110)102-36-18-50(97-40(36)24-78)76-23-34(62)55(81)72-61(76)86/h8-11,22-23,29-31,33,36-44,47-51,78H,6-7,12-21,24-28H2,1-5H3,(H,87,110)(H,88,111)(H,89,112)(H2,63,67,83)(H2,64,68,84)(H,71,80,85)(H,72,81,86)(H3,65,69,70,82)/t33?,36?,37?,38?,39?,40-,41-,42-,43-,44-,47-,48-,49-,50-,51-,106?,107?,108?,109?/m1/s1. The highest BCUT2D eigenvalue weighted by Crippen LogP contribution is 2.57. The third kappa shape index (κ3) is 23.0. The smallest absolute Gasteiger partial charge is 0.351 e. The molecule has 0 aliphatic carbocycles. The van der Waals surface area contributed by atoms with Gasteiger partial charge in [-0.1, -0.05) is 27.7 Å². The van der Waals surface area contributed by atoms with Crippen molar-refractivity contribution in [1.29, 1.82) is 0 Å². The number of aromatic amines is 3. The summed E-state index contributed by atoms with van der Waals surface area (Å²) in [6, 6.07) is 2.78. The largest absolute Gasteiger partial charge is 0.394 e. The number of halogens is 1. The molecule has 52 heteroatoms.